The van der Waals surface area contributed by atoms with Crippen LogP contribution in [0.5, 0.6) is 17.6 Å². The Hall–Kier alpha value is -2.01. The van der Waals surface area contributed by atoms with Crippen molar-refractivity contribution in [3.05, 3.63) is 36.2 Å². The van der Waals surface area contributed by atoms with Crippen LogP contribution in [-0.4, -0.2) is 18.1 Å². The van der Waals surface area contributed by atoms with Gasteiger partial charge in [0.2, 0.25) is 0 Å². The molecular formula is C16H22N2O3. The van der Waals surface area contributed by atoms with Crippen molar-refractivity contribution in [2.45, 2.75) is 27.3 Å². The first-order valence-electron chi connectivity index (χ1n) is 7.23. The summed E-state index contributed by atoms with van der Waals surface area (Å²) < 4.78 is 16.2. The monoisotopic (exact) mass is 290 g/mol. The maximum atomic E-state index is 5.56. The number of nitrogens with zero attached hydrogens (tertiary/aromatic N) is 1. The minimum Gasteiger partial charge on any atom is -0.494 e. The molecule has 2 rings (SSSR count). The molecule has 114 valence electrons. The first-order valence-corrected chi connectivity index (χ1v) is 7.23. The summed E-state index contributed by atoms with van der Waals surface area (Å²) in [7, 11) is 0. The van der Waals surface area contributed by atoms with E-state index in [4.69, 9.17) is 13.9 Å². The highest BCUT2D eigenvalue weighted by Gasteiger charge is 2.06. The first-order chi connectivity index (χ1) is 10.2. The van der Waals surface area contributed by atoms with Gasteiger partial charge >= 0.3 is 6.08 Å². The zero-order chi connectivity index (χ0) is 15.1. The Labute approximate surface area is 125 Å². The van der Waals surface area contributed by atoms with Crippen molar-refractivity contribution < 1.29 is 13.9 Å². The highest BCUT2D eigenvalue weighted by Crippen LogP contribution is 2.23. The summed E-state index contributed by atoms with van der Waals surface area (Å²) in [5, 5.41) is 3.31. The summed E-state index contributed by atoms with van der Waals surface area (Å²) >= 11 is 0. The fraction of sp³-hybridized carbons (Fsp3) is 0.438. The predicted octanol–water partition coefficient (Wildman–Crippen LogP) is 3.61. The molecule has 0 bridgehead atoms. The van der Waals surface area contributed by atoms with Crippen LogP contribution in [-0.2, 0) is 6.54 Å². The molecule has 5 heteroatoms. The predicted molar refractivity (Wildman–Crippen MR) is 80.7 cm³/mol. The molecule has 0 saturated heterocycles. The third-order valence-corrected chi connectivity index (χ3v) is 2.73. The van der Waals surface area contributed by atoms with Gasteiger partial charge in [-0.3, -0.25) is 0 Å². The summed E-state index contributed by atoms with van der Waals surface area (Å²) in [6, 6.07) is 7.36. The normalized spacial score (nSPS) is 10.9. The molecule has 0 aliphatic heterocycles. The van der Waals surface area contributed by atoms with E-state index >= 15 is 0 Å². The summed E-state index contributed by atoms with van der Waals surface area (Å²) in [5.74, 6) is 2.09. The number of nitrogens with one attached hydrogen (secondary N) is 1. The number of ether oxygens (including phenoxy) is 2. The van der Waals surface area contributed by atoms with E-state index in [2.05, 4.69) is 24.1 Å². The van der Waals surface area contributed by atoms with E-state index in [1.165, 1.54) is 0 Å². The van der Waals surface area contributed by atoms with Gasteiger partial charge in [-0.05, 0) is 43.7 Å². The minimum atomic E-state index is 0.250. The van der Waals surface area contributed by atoms with Gasteiger partial charge in [0.25, 0.3) is 0 Å². The molecule has 0 atom stereocenters. The van der Waals surface area contributed by atoms with Crippen LogP contribution in [0.2, 0.25) is 0 Å². The van der Waals surface area contributed by atoms with E-state index in [1.54, 1.807) is 6.26 Å². The quantitative estimate of drug-likeness (QED) is 0.805. The van der Waals surface area contributed by atoms with Gasteiger partial charge in [-0.2, -0.15) is 4.98 Å². The standard InChI is InChI=1S/C16H22N2O3/c1-4-19-14-5-7-15(8-6-14)21-16-18-13(11-20-16)10-17-9-12(2)3/h5-8,11-12,17H,4,9-10H2,1-3H3. The molecule has 0 unspecified atom stereocenters. The van der Waals surface area contributed by atoms with Crippen molar-refractivity contribution in [3.8, 4) is 17.6 Å². The van der Waals surface area contributed by atoms with Crippen LogP contribution in [0.15, 0.2) is 34.9 Å². The summed E-state index contributed by atoms with van der Waals surface area (Å²) in [6.07, 6.45) is 1.86. The highest BCUT2D eigenvalue weighted by atomic mass is 16.6. The summed E-state index contributed by atoms with van der Waals surface area (Å²) in [6.45, 7) is 8.54. The topological polar surface area (TPSA) is 56.5 Å². The lowest BCUT2D eigenvalue weighted by molar-refractivity contribution is 0.326. The molecule has 5 nitrogen and oxygen atoms in total. The van der Waals surface area contributed by atoms with Crippen molar-refractivity contribution in [3.63, 3.8) is 0 Å². The smallest absolute Gasteiger partial charge is 0.399 e. The molecule has 21 heavy (non-hydrogen) atoms. The second-order valence-corrected chi connectivity index (χ2v) is 5.14. The zero-order valence-electron chi connectivity index (χ0n) is 12.8. The Bertz CT molecular complexity index is 535. The lowest BCUT2D eigenvalue weighted by atomic mass is 10.2. The van der Waals surface area contributed by atoms with Gasteiger partial charge in [0.15, 0.2) is 0 Å². The first kappa shape index (κ1) is 15.4. The van der Waals surface area contributed by atoms with E-state index in [1.807, 2.05) is 31.2 Å². The molecule has 0 fully saturated rings. The molecule has 0 aliphatic rings. The van der Waals surface area contributed by atoms with Crippen LogP contribution >= 0.6 is 0 Å². The van der Waals surface area contributed by atoms with Crippen LogP contribution in [0.25, 0.3) is 0 Å². The second kappa shape index (κ2) is 7.69. The summed E-state index contributed by atoms with van der Waals surface area (Å²) in [4.78, 5) is 4.28. The number of rotatable bonds is 8. The maximum Gasteiger partial charge on any atom is 0.399 e. The maximum absolute atomic E-state index is 5.56. The van der Waals surface area contributed by atoms with Crippen LogP contribution < -0.4 is 14.8 Å². The van der Waals surface area contributed by atoms with Crippen LogP contribution in [0, 0.1) is 5.92 Å². The van der Waals surface area contributed by atoms with Gasteiger partial charge in [0.05, 0.1) is 12.3 Å². The van der Waals surface area contributed by atoms with Crippen LogP contribution in [0.1, 0.15) is 26.5 Å². The molecule has 0 amide bonds. The molecule has 0 radical (unpaired) electrons. The fourth-order valence-corrected chi connectivity index (χ4v) is 1.78. The average molecular weight is 290 g/mol. The van der Waals surface area contributed by atoms with Crippen molar-refractivity contribution in [2.75, 3.05) is 13.2 Å². The SMILES string of the molecule is CCOc1ccc(Oc2nc(CNCC(C)C)co2)cc1. The summed E-state index contributed by atoms with van der Waals surface area (Å²) in [5.41, 5.74) is 0.830. The van der Waals surface area contributed by atoms with Gasteiger partial charge in [0, 0.05) is 6.54 Å². The van der Waals surface area contributed by atoms with Crippen LogP contribution in [0.3, 0.4) is 0 Å². The highest BCUT2D eigenvalue weighted by molar-refractivity contribution is 5.32. The average Bonchev–Trinajstić information content (AvgIpc) is 2.88. The second-order valence-electron chi connectivity index (χ2n) is 5.14. The number of aromatic nitrogens is 1. The van der Waals surface area contributed by atoms with E-state index in [9.17, 15) is 0 Å². The fourth-order valence-electron chi connectivity index (χ4n) is 1.78. The number of hydrogen-bond donors (Lipinski definition) is 1. The minimum absolute atomic E-state index is 0.250. The largest absolute Gasteiger partial charge is 0.494 e. The van der Waals surface area contributed by atoms with Crippen molar-refractivity contribution in [1.82, 2.24) is 10.3 Å². The molecule has 1 aromatic carbocycles. The van der Waals surface area contributed by atoms with Gasteiger partial charge in [-0.25, -0.2) is 0 Å². The Kier molecular flexibility index (Phi) is 5.63. The Morgan fingerprint density at radius 1 is 1.19 bits per heavy atom. The molecule has 1 heterocycles. The van der Waals surface area contributed by atoms with Gasteiger partial charge in [0.1, 0.15) is 17.8 Å². The lowest BCUT2D eigenvalue weighted by Gasteiger charge is -2.04. The van der Waals surface area contributed by atoms with E-state index in [0.717, 1.165) is 18.0 Å². The third-order valence-electron chi connectivity index (χ3n) is 2.73. The zero-order valence-corrected chi connectivity index (χ0v) is 12.8. The molecule has 0 saturated carbocycles. The van der Waals surface area contributed by atoms with Crippen molar-refractivity contribution >= 4 is 0 Å². The van der Waals surface area contributed by atoms with Gasteiger partial charge in [-0.15, -0.1) is 0 Å². The van der Waals surface area contributed by atoms with Crippen LogP contribution in [0.4, 0.5) is 0 Å². The van der Waals surface area contributed by atoms with Gasteiger partial charge in [-0.1, -0.05) is 13.8 Å². The Morgan fingerprint density at radius 3 is 2.57 bits per heavy atom. The van der Waals surface area contributed by atoms with E-state index in [-0.39, 0.29) is 6.08 Å². The lowest BCUT2D eigenvalue weighted by Crippen LogP contribution is -2.19. The molecule has 0 spiro atoms. The number of hydrogen-bond acceptors (Lipinski definition) is 5. The van der Waals surface area contributed by atoms with Gasteiger partial charge < -0.3 is 19.2 Å². The Morgan fingerprint density at radius 2 is 1.90 bits per heavy atom. The van der Waals surface area contributed by atoms with Crippen molar-refractivity contribution in [1.29, 1.82) is 0 Å². The third kappa shape index (κ3) is 5.11. The number of oxazole rings is 1. The molecule has 1 N–H and O–H groups in total. The van der Waals surface area contributed by atoms with E-state index in [0.29, 0.717) is 24.8 Å². The molecular weight excluding hydrogens is 268 g/mol. The molecule has 1 aromatic heterocycles. The van der Waals surface area contributed by atoms with E-state index < -0.39 is 0 Å². The van der Waals surface area contributed by atoms with Crippen molar-refractivity contribution in [2.24, 2.45) is 5.92 Å². The Balaban J connectivity index is 1.86. The molecule has 2 aromatic rings. The molecule has 0 aliphatic carbocycles. The number of benzene rings is 1.